The number of nitrogens with one attached hydrogen (secondary N) is 1. The van der Waals surface area contributed by atoms with E-state index in [1.54, 1.807) is 0 Å². The average Bonchev–Trinajstić information content (AvgIpc) is 2.61. The molecule has 7 heteroatoms. The summed E-state index contributed by atoms with van der Waals surface area (Å²) in [6.45, 7) is 1.25. The summed E-state index contributed by atoms with van der Waals surface area (Å²) in [4.78, 5) is 34.8. The second kappa shape index (κ2) is 9.15. The topological polar surface area (TPSA) is 95.8 Å². The van der Waals surface area contributed by atoms with Gasteiger partial charge in [-0.25, -0.2) is 4.79 Å². The number of hydrogen-bond acceptors (Lipinski definition) is 5. The van der Waals surface area contributed by atoms with Crippen molar-refractivity contribution in [2.24, 2.45) is 4.58 Å². The van der Waals surface area contributed by atoms with Crippen molar-refractivity contribution < 1.29 is 14.7 Å². The maximum absolute atomic E-state index is 12.0. The number of hydrogen-bond donors (Lipinski definition) is 2. The van der Waals surface area contributed by atoms with Crippen LogP contribution in [-0.2, 0) is 22.4 Å². The molecule has 0 fully saturated rings. The molecule has 1 amide bonds. The zero-order chi connectivity index (χ0) is 19.0. The van der Waals surface area contributed by atoms with Crippen LogP contribution in [0, 0.1) is 4.91 Å². The van der Waals surface area contributed by atoms with E-state index in [1.807, 2.05) is 60.7 Å². The molecule has 2 N–H and O–H groups in total. The van der Waals surface area contributed by atoms with Crippen molar-refractivity contribution in [1.82, 2.24) is 5.32 Å². The van der Waals surface area contributed by atoms with E-state index in [-0.39, 0.29) is 12.8 Å². The second-order valence-electron chi connectivity index (χ2n) is 6.03. The van der Waals surface area contributed by atoms with E-state index in [4.69, 9.17) is 0 Å². The highest BCUT2D eigenvalue weighted by Gasteiger charge is 2.46. The molecule has 0 radical (unpaired) electrons. The Morgan fingerprint density at radius 3 is 1.85 bits per heavy atom. The number of aliphatic carboxylic acids is 1. The fraction of sp³-hybridized carbons (Fsp3) is 0.263. The zero-order valence-corrected chi connectivity index (χ0v) is 15.1. The largest absolute Gasteiger partial charge is 0.480 e. The molecule has 1 atom stereocenters. The van der Waals surface area contributed by atoms with Gasteiger partial charge in [0.25, 0.3) is 0 Å². The SMILES string of the molecule is CC(=O)NC(C(=O)O)C(Cc1ccccc1)(Cc1ccccc1)SN=O. The molecule has 0 saturated heterocycles. The number of benzene rings is 2. The number of nitrogens with zero attached hydrogens (tertiary/aromatic N) is 1. The smallest absolute Gasteiger partial charge is 0.327 e. The third kappa shape index (κ3) is 5.16. The normalized spacial score (nSPS) is 12.2. The first-order chi connectivity index (χ1) is 12.5. The Balaban J connectivity index is 2.52. The molecule has 136 valence electrons. The number of carbonyl (C=O) groups excluding carboxylic acids is 1. The summed E-state index contributed by atoms with van der Waals surface area (Å²) >= 11 is 0.666. The van der Waals surface area contributed by atoms with Crippen LogP contribution < -0.4 is 5.32 Å². The van der Waals surface area contributed by atoms with Crippen LogP contribution in [0.3, 0.4) is 0 Å². The lowest BCUT2D eigenvalue weighted by molar-refractivity contribution is -0.142. The summed E-state index contributed by atoms with van der Waals surface area (Å²) in [7, 11) is 0. The predicted octanol–water partition coefficient (Wildman–Crippen LogP) is 3.21. The number of carboxylic acids is 1. The van der Waals surface area contributed by atoms with Gasteiger partial charge in [0, 0.05) is 23.5 Å². The fourth-order valence-corrected chi connectivity index (χ4v) is 3.84. The van der Waals surface area contributed by atoms with Crippen molar-refractivity contribution in [2.75, 3.05) is 0 Å². The highest BCUT2D eigenvalue weighted by atomic mass is 32.2. The van der Waals surface area contributed by atoms with E-state index in [1.165, 1.54) is 6.92 Å². The van der Waals surface area contributed by atoms with Crippen molar-refractivity contribution in [3.63, 3.8) is 0 Å². The van der Waals surface area contributed by atoms with Crippen molar-refractivity contribution in [3.8, 4) is 0 Å². The second-order valence-corrected chi connectivity index (χ2v) is 7.17. The average molecular weight is 372 g/mol. The number of carbonyl (C=O) groups is 2. The lowest BCUT2D eigenvalue weighted by atomic mass is 9.85. The molecule has 0 heterocycles. The number of amides is 1. The van der Waals surface area contributed by atoms with Crippen LogP contribution in [0.15, 0.2) is 65.2 Å². The van der Waals surface area contributed by atoms with Crippen molar-refractivity contribution in [1.29, 1.82) is 0 Å². The molecular formula is C19H20N2O4S. The Bertz CT molecular complexity index is 711. The van der Waals surface area contributed by atoms with Crippen LogP contribution in [0.1, 0.15) is 18.1 Å². The molecular weight excluding hydrogens is 352 g/mol. The van der Waals surface area contributed by atoms with Crippen molar-refractivity contribution >= 4 is 23.8 Å². The summed E-state index contributed by atoms with van der Waals surface area (Å²) in [6, 6.07) is 17.2. The van der Waals surface area contributed by atoms with Gasteiger partial charge in [-0.1, -0.05) is 60.7 Å². The Labute approximate surface area is 156 Å². The molecule has 0 saturated carbocycles. The quantitative estimate of drug-likeness (QED) is 0.520. The number of rotatable bonds is 9. The van der Waals surface area contributed by atoms with Gasteiger partial charge in [-0.2, -0.15) is 0 Å². The van der Waals surface area contributed by atoms with E-state index >= 15 is 0 Å². The van der Waals surface area contributed by atoms with Crippen LogP contribution in [0.4, 0.5) is 0 Å². The monoisotopic (exact) mass is 372 g/mol. The van der Waals surface area contributed by atoms with Crippen LogP contribution >= 0.6 is 11.9 Å². The van der Waals surface area contributed by atoms with E-state index < -0.39 is 22.7 Å². The van der Waals surface area contributed by atoms with Crippen LogP contribution in [0.2, 0.25) is 0 Å². The highest BCUT2D eigenvalue weighted by molar-refractivity contribution is 7.99. The number of carboxylic acid groups (broad SMARTS) is 1. The van der Waals surface area contributed by atoms with E-state index in [0.717, 1.165) is 11.1 Å². The van der Waals surface area contributed by atoms with E-state index in [2.05, 4.69) is 9.90 Å². The lowest BCUT2D eigenvalue weighted by Gasteiger charge is -2.36. The molecule has 6 nitrogen and oxygen atoms in total. The molecule has 2 aromatic carbocycles. The Morgan fingerprint density at radius 1 is 1.04 bits per heavy atom. The van der Waals surface area contributed by atoms with Gasteiger partial charge >= 0.3 is 5.97 Å². The minimum atomic E-state index is -1.27. The maximum Gasteiger partial charge on any atom is 0.327 e. The molecule has 2 aromatic rings. The summed E-state index contributed by atoms with van der Waals surface area (Å²) in [5.41, 5.74) is 1.72. The molecule has 0 aromatic heterocycles. The summed E-state index contributed by atoms with van der Waals surface area (Å²) < 4.78 is 1.80. The molecule has 26 heavy (non-hydrogen) atoms. The zero-order valence-electron chi connectivity index (χ0n) is 14.3. The highest BCUT2D eigenvalue weighted by Crippen LogP contribution is 2.37. The summed E-state index contributed by atoms with van der Waals surface area (Å²) in [5.74, 6) is -1.68. The van der Waals surface area contributed by atoms with Crippen molar-refractivity contribution in [3.05, 3.63) is 76.7 Å². The predicted molar refractivity (Wildman–Crippen MR) is 102 cm³/mol. The van der Waals surface area contributed by atoms with Gasteiger partial charge in [0.2, 0.25) is 5.91 Å². The Kier molecular flexibility index (Phi) is 6.91. The standard InChI is InChI=1S/C19H20N2O4S/c1-14(22)20-17(18(23)24)19(26-21-25,12-15-8-4-2-5-9-15)13-16-10-6-3-7-11-16/h2-11,17H,12-13H2,1H3,(H,20,22)(H,23,24). The molecule has 0 bridgehead atoms. The van der Waals surface area contributed by atoms with Gasteiger partial charge in [-0.05, 0) is 24.0 Å². The summed E-state index contributed by atoms with van der Waals surface area (Å²) in [5, 5.41) is 12.3. The van der Waals surface area contributed by atoms with Gasteiger partial charge in [-0.3, -0.25) is 4.79 Å². The van der Waals surface area contributed by atoms with E-state index in [0.29, 0.717) is 11.9 Å². The molecule has 0 spiro atoms. The maximum atomic E-state index is 12.0. The first-order valence-corrected chi connectivity index (χ1v) is 8.83. The molecule has 2 rings (SSSR count). The molecule has 0 aliphatic carbocycles. The van der Waals surface area contributed by atoms with Gasteiger partial charge in [0.05, 0.1) is 4.75 Å². The minimum absolute atomic E-state index is 0.260. The van der Waals surface area contributed by atoms with Crippen LogP contribution in [-0.4, -0.2) is 27.8 Å². The third-order valence-electron chi connectivity index (χ3n) is 4.03. The van der Waals surface area contributed by atoms with Crippen LogP contribution in [0.5, 0.6) is 0 Å². The summed E-state index contributed by atoms with van der Waals surface area (Å²) in [6.07, 6.45) is 0.521. The Hall–Kier alpha value is -2.67. The molecule has 1 unspecified atom stereocenters. The Morgan fingerprint density at radius 2 is 1.50 bits per heavy atom. The van der Waals surface area contributed by atoms with E-state index in [9.17, 15) is 19.6 Å². The van der Waals surface area contributed by atoms with Gasteiger partial charge < -0.3 is 10.4 Å². The van der Waals surface area contributed by atoms with Gasteiger partial charge in [0.1, 0.15) is 6.04 Å². The molecule has 0 aliphatic rings. The van der Waals surface area contributed by atoms with Gasteiger partial charge in [0.15, 0.2) is 0 Å². The lowest BCUT2D eigenvalue weighted by Crippen LogP contribution is -2.57. The van der Waals surface area contributed by atoms with Gasteiger partial charge in [-0.15, -0.1) is 4.91 Å². The van der Waals surface area contributed by atoms with Crippen molar-refractivity contribution in [2.45, 2.75) is 30.6 Å². The third-order valence-corrected chi connectivity index (χ3v) is 4.99. The fourth-order valence-electron chi connectivity index (χ4n) is 2.96. The molecule has 0 aliphatic heterocycles. The number of nitroso groups, excluding NO2 is 1. The first kappa shape index (κ1) is 19.7. The minimum Gasteiger partial charge on any atom is -0.480 e. The van der Waals surface area contributed by atoms with Crippen LogP contribution in [0.25, 0.3) is 0 Å². The first-order valence-electron chi connectivity index (χ1n) is 8.05.